The standard InChI is InChI=1S/C20H17N5O3/c21-9-10-22-19(27)17(24-18(26)15-6-2-1-3-7-15)12-14-5-4-8-16(11-14)20-25-23-13-28-20/h1-8,11,13,17H,10,12H2,(H,22,27)(H,24,26)/t17-/m0/s1. The van der Waals surface area contributed by atoms with Crippen molar-refractivity contribution in [3.8, 4) is 17.5 Å². The van der Waals surface area contributed by atoms with E-state index in [0.717, 1.165) is 5.56 Å². The summed E-state index contributed by atoms with van der Waals surface area (Å²) in [4.78, 5) is 25.0. The van der Waals surface area contributed by atoms with Gasteiger partial charge in [0, 0.05) is 17.5 Å². The Hall–Kier alpha value is -3.99. The number of aromatic nitrogens is 2. The van der Waals surface area contributed by atoms with Crippen LogP contribution in [0.3, 0.4) is 0 Å². The number of hydrogen-bond acceptors (Lipinski definition) is 6. The molecule has 0 bridgehead atoms. The van der Waals surface area contributed by atoms with Crippen molar-refractivity contribution in [2.45, 2.75) is 12.5 Å². The lowest BCUT2D eigenvalue weighted by Gasteiger charge is -2.18. The lowest BCUT2D eigenvalue weighted by Crippen LogP contribution is -2.48. The minimum absolute atomic E-state index is 0.140. The van der Waals surface area contributed by atoms with E-state index in [1.165, 1.54) is 6.39 Å². The van der Waals surface area contributed by atoms with Gasteiger partial charge in [-0.15, -0.1) is 10.2 Å². The van der Waals surface area contributed by atoms with Crippen LogP contribution in [0, 0.1) is 11.3 Å². The highest BCUT2D eigenvalue weighted by Gasteiger charge is 2.22. The van der Waals surface area contributed by atoms with Gasteiger partial charge in [-0.05, 0) is 29.8 Å². The number of hydrogen-bond donors (Lipinski definition) is 2. The highest BCUT2D eigenvalue weighted by molar-refractivity contribution is 5.97. The summed E-state index contributed by atoms with van der Waals surface area (Å²) in [5, 5.41) is 21.5. The summed E-state index contributed by atoms with van der Waals surface area (Å²) in [6, 6.07) is 16.9. The Kier molecular flexibility index (Phi) is 6.10. The van der Waals surface area contributed by atoms with Crippen LogP contribution in [-0.4, -0.2) is 34.6 Å². The summed E-state index contributed by atoms with van der Waals surface area (Å²) in [7, 11) is 0. The Labute approximate surface area is 161 Å². The van der Waals surface area contributed by atoms with E-state index >= 15 is 0 Å². The molecule has 1 atom stereocenters. The lowest BCUT2D eigenvalue weighted by atomic mass is 10.0. The fourth-order valence-electron chi connectivity index (χ4n) is 2.66. The molecule has 0 fully saturated rings. The number of benzene rings is 2. The van der Waals surface area contributed by atoms with E-state index in [1.54, 1.807) is 36.4 Å². The van der Waals surface area contributed by atoms with Crippen LogP contribution in [0.5, 0.6) is 0 Å². The third kappa shape index (κ3) is 4.80. The second kappa shape index (κ2) is 9.09. The Bertz CT molecular complexity index is 981. The first-order valence-corrected chi connectivity index (χ1v) is 8.53. The van der Waals surface area contributed by atoms with Crippen molar-refractivity contribution in [2.24, 2.45) is 0 Å². The quantitative estimate of drug-likeness (QED) is 0.607. The minimum Gasteiger partial charge on any atom is -0.423 e. The van der Waals surface area contributed by atoms with E-state index in [0.29, 0.717) is 17.0 Å². The van der Waals surface area contributed by atoms with Gasteiger partial charge in [0.05, 0.1) is 6.07 Å². The topological polar surface area (TPSA) is 121 Å². The number of rotatable bonds is 7. The molecule has 28 heavy (non-hydrogen) atoms. The zero-order valence-corrected chi connectivity index (χ0v) is 14.8. The molecule has 0 saturated carbocycles. The Balaban J connectivity index is 1.79. The zero-order chi connectivity index (χ0) is 19.8. The molecule has 0 aliphatic heterocycles. The molecule has 2 amide bonds. The van der Waals surface area contributed by atoms with Crippen molar-refractivity contribution in [3.63, 3.8) is 0 Å². The Morgan fingerprint density at radius 2 is 1.96 bits per heavy atom. The molecule has 1 heterocycles. The molecule has 140 valence electrons. The van der Waals surface area contributed by atoms with Crippen LogP contribution in [0.15, 0.2) is 65.4 Å². The first kappa shape index (κ1) is 18.8. The predicted molar refractivity (Wildman–Crippen MR) is 99.8 cm³/mol. The molecular weight excluding hydrogens is 358 g/mol. The van der Waals surface area contributed by atoms with Crippen molar-refractivity contribution >= 4 is 11.8 Å². The summed E-state index contributed by atoms with van der Waals surface area (Å²) in [5.41, 5.74) is 1.95. The summed E-state index contributed by atoms with van der Waals surface area (Å²) < 4.78 is 5.20. The molecule has 8 nitrogen and oxygen atoms in total. The zero-order valence-electron chi connectivity index (χ0n) is 14.8. The van der Waals surface area contributed by atoms with Crippen LogP contribution in [-0.2, 0) is 11.2 Å². The number of carbonyl (C=O) groups excluding carboxylic acids is 2. The minimum atomic E-state index is -0.848. The summed E-state index contributed by atoms with van der Waals surface area (Å²) in [5.74, 6) is -0.444. The van der Waals surface area contributed by atoms with Crippen molar-refractivity contribution in [1.29, 1.82) is 5.26 Å². The molecule has 0 aliphatic rings. The number of nitriles is 1. The van der Waals surface area contributed by atoms with E-state index in [-0.39, 0.29) is 18.9 Å². The van der Waals surface area contributed by atoms with Gasteiger partial charge in [0.2, 0.25) is 18.2 Å². The van der Waals surface area contributed by atoms with Crippen LogP contribution < -0.4 is 10.6 Å². The largest absolute Gasteiger partial charge is 0.423 e. The molecule has 2 N–H and O–H groups in total. The summed E-state index contributed by atoms with van der Waals surface area (Å²) in [6.07, 6.45) is 1.47. The third-order valence-electron chi connectivity index (χ3n) is 3.97. The SMILES string of the molecule is N#CCNC(=O)[C@H](Cc1cccc(-c2nnco2)c1)NC(=O)c1ccccc1. The van der Waals surface area contributed by atoms with Crippen LogP contribution in [0.25, 0.3) is 11.5 Å². The summed E-state index contributed by atoms with van der Waals surface area (Å²) >= 11 is 0. The van der Waals surface area contributed by atoms with Crippen LogP contribution in [0.4, 0.5) is 0 Å². The highest BCUT2D eigenvalue weighted by atomic mass is 16.4. The number of carbonyl (C=O) groups is 2. The molecule has 0 aliphatic carbocycles. The monoisotopic (exact) mass is 375 g/mol. The molecule has 0 unspecified atom stereocenters. The van der Waals surface area contributed by atoms with Crippen LogP contribution >= 0.6 is 0 Å². The van der Waals surface area contributed by atoms with Gasteiger partial charge in [0.1, 0.15) is 12.6 Å². The molecule has 2 aromatic carbocycles. The van der Waals surface area contributed by atoms with E-state index in [1.807, 2.05) is 24.3 Å². The molecule has 0 saturated heterocycles. The van der Waals surface area contributed by atoms with Gasteiger partial charge in [-0.2, -0.15) is 5.26 Å². The lowest BCUT2D eigenvalue weighted by molar-refractivity contribution is -0.122. The second-order valence-corrected chi connectivity index (χ2v) is 5.92. The van der Waals surface area contributed by atoms with Gasteiger partial charge in [0.25, 0.3) is 5.91 Å². The van der Waals surface area contributed by atoms with Crippen LogP contribution in [0.1, 0.15) is 15.9 Å². The number of nitrogens with zero attached hydrogens (tertiary/aromatic N) is 3. The van der Waals surface area contributed by atoms with E-state index in [2.05, 4.69) is 20.8 Å². The second-order valence-electron chi connectivity index (χ2n) is 5.92. The van der Waals surface area contributed by atoms with Crippen molar-refractivity contribution < 1.29 is 14.0 Å². The molecular formula is C20H17N5O3. The van der Waals surface area contributed by atoms with Crippen LogP contribution in [0.2, 0.25) is 0 Å². The maximum atomic E-state index is 12.5. The average Bonchev–Trinajstić information content (AvgIpc) is 3.27. The molecule has 1 aromatic heterocycles. The molecule has 3 aromatic rings. The number of nitrogens with one attached hydrogen (secondary N) is 2. The fourth-order valence-corrected chi connectivity index (χ4v) is 2.66. The van der Waals surface area contributed by atoms with Gasteiger partial charge < -0.3 is 15.1 Å². The van der Waals surface area contributed by atoms with Crippen molar-refractivity contribution in [1.82, 2.24) is 20.8 Å². The van der Waals surface area contributed by atoms with Gasteiger partial charge >= 0.3 is 0 Å². The first-order chi connectivity index (χ1) is 13.7. The smallest absolute Gasteiger partial charge is 0.251 e. The summed E-state index contributed by atoms with van der Waals surface area (Å²) in [6.45, 7) is -0.140. The van der Waals surface area contributed by atoms with Gasteiger partial charge in [0.15, 0.2) is 0 Å². The molecule has 8 heteroatoms. The van der Waals surface area contributed by atoms with Gasteiger partial charge in [-0.25, -0.2) is 0 Å². The first-order valence-electron chi connectivity index (χ1n) is 8.53. The fraction of sp³-hybridized carbons (Fsp3) is 0.150. The average molecular weight is 375 g/mol. The van der Waals surface area contributed by atoms with Crippen molar-refractivity contribution in [2.75, 3.05) is 6.54 Å². The van der Waals surface area contributed by atoms with Crippen molar-refractivity contribution in [3.05, 3.63) is 72.1 Å². The number of amides is 2. The third-order valence-corrected chi connectivity index (χ3v) is 3.97. The highest BCUT2D eigenvalue weighted by Crippen LogP contribution is 2.18. The normalized spacial score (nSPS) is 11.2. The van der Waals surface area contributed by atoms with E-state index < -0.39 is 11.9 Å². The van der Waals surface area contributed by atoms with Gasteiger partial charge in [-0.1, -0.05) is 30.3 Å². The molecule has 0 spiro atoms. The Morgan fingerprint density at radius 3 is 2.68 bits per heavy atom. The van der Waals surface area contributed by atoms with E-state index in [4.69, 9.17) is 9.68 Å². The Morgan fingerprint density at radius 1 is 1.14 bits per heavy atom. The predicted octanol–water partition coefficient (Wildman–Crippen LogP) is 1.72. The molecule has 0 radical (unpaired) electrons. The maximum absolute atomic E-state index is 12.5. The molecule has 3 rings (SSSR count). The van der Waals surface area contributed by atoms with Gasteiger partial charge in [-0.3, -0.25) is 9.59 Å². The van der Waals surface area contributed by atoms with E-state index in [9.17, 15) is 9.59 Å². The maximum Gasteiger partial charge on any atom is 0.251 e.